The van der Waals surface area contributed by atoms with Crippen molar-refractivity contribution >= 4 is 17.6 Å². The minimum absolute atomic E-state index is 0.164. The van der Waals surface area contributed by atoms with E-state index in [1.807, 2.05) is 6.07 Å². The predicted molar refractivity (Wildman–Crippen MR) is 76.4 cm³/mol. The van der Waals surface area contributed by atoms with Gasteiger partial charge in [0.1, 0.15) is 0 Å². The first kappa shape index (κ1) is 14.0. The fourth-order valence-electron chi connectivity index (χ4n) is 2.92. The zero-order chi connectivity index (χ0) is 14.8. The molecule has 1 aromatic carbocycles. The summed E-state index contributed by atoms with van der Waals surface area (Å²) < 4.78 is 10.3. The normalized spacial score (nSPS) is 21.4. The van der Waals surface area contributed by atoms with Gasteiger partial charge in [-0.3, -0.25) is 0 Å². The number of ether oxygens (including phenoxy) is 2. The van der Waals surface area contributed by atoms with Crippen LogP contribution in [0.3, 0.4) is 0 Å². The highest BCUT2D eigenvalue weighted by molar-refractivity contribution is 6.17. The lowest BCUT2D eigenvalue weighted by molar-refractivity contribution is 0.0443. The fourth-order valence-corrected chi connectivity index (χ4v) is 2.92. The molecule has 0 radical (unpaired) electrons. The number of benzene rings is 1. The van der Waals surface area contributed by atoms with Crippen LogP contribution in [-0.4, -0.2) is 44.3 Å². The first-order valence-corrected chi connectivity index (χ1v) is 7.16. The molecular formula is C15H18N2O4. The molecule has 1 unspecified atom stereocenters. The topological polar surface area (TPSA) is 81.9 Å². The van der Waals surface area contributed by atoms with Gasteiger partial charge in [0.2, 0.25) is 0 Å². The van der Waals surface area contributed by atoms with Crippen molar-refractivity contribution in [2.24, 2.45) is 5.73 Å². The molecule has 1 saturated heterocycles. The lowest BCUT2D eigenvalue weighted by Gasteiger charge is -2.38. The summed E-state index contributed by atoms with van der Waals surface area (Å²) in [4.78, 5) is 25.7. The number of carbonyl (C=O) groups excluding carboxylic acids is 2. The Hall–Kier alpha value is -1.92. The van der Waals surface area contributed by atoms with Crippen LogP contribution in [-0.2, 0) is 9.47 Å². The quantitative estimate of drug-likeness (QED) is 0.656. The van der Waals surface area contributed by atoms with E-state index in [-0.39, 0.29) is 6.04 Å². The third-order valence-electron chi connectivity index (χ3n) is 3.93. The monoisotopic (exact) mass is 290 g/mol. The fraction of sp³-hybridized carbons (Fsp3) is 0.467. The predicted octanol–water partition coefficient (Wildman–Crippen LogP) is 0.941. The summed E-state index contributed by atoms with van der Waals surface area (Å²) in [6.45, 7) is 2.52. The van der Waals surface area contributed by atoms with Crippen LogP contribution in [0.1, 0.15) is 33.6 Å². The van der Waals surface area contributed by atoms with E-state index in [1.54, 1.807) is 12.1 Å². The molecule has 1 atom stereocenters. The average Bonchev–Trinajstić information content (AvgIpc) is 2.80. The largest absolute Gasteiger partial charge is 0.386 e. The maximum absolute atomic E-state index is 11.9. The molecule has 6 heteroatoms. The number of nitrogens with zero attached hydrogens (tertiary/aromatic N) is 1. The van der Waals surface area contributed by atoms with Crippen LogP contribution >= 0.6 is 0 Å². The first-order chi connectivity index (χ1) is 10.2. The number of rotatable bonds is 4. The van der Waals surface area contributed by atoms with Crippen LogP contribution in [0, 0.1) is 0 Å². The van der Waals surface area contributed by atoms with Gasteiger partial charge in [0.15, 0.2) is 0 Å². The standard InChI is InChI=1S/C15H18N2O4/c16-6-2-3-10-9-20-8-7-17(10)12-5-1-4-11-13(12)15(19)21-14(11)18/h1,4-5,10H,2-3,6-9,16H2. The minimum Gasteiger partial charge on any atom is -0.386 e. The van der Waals surface area contributed by atoms with Crippen molar-refractivity contribution in [1.82, 2.24) is 0 Å². The zero-order valence-electron chi connectivity index (χ0n) is 11.7. The number of morpholine rings is 1. The van der Waals surface area contributed by atoms with Crippen molar-refractivity contribution in [2.75, 3.05) is 31.2 Å². The molecule has 2 heterocycles. The van der Waals surface area contributed by atoms with Gasteiger partial charge in [-0.05, 0) is 31.5 Å². The van der Waals surface area contributed by atoms with E-state index in [9.17, 15) is 9.59 Å². The zero-order valence-corrected chi connectivity index (χ0v) is 11.7. The Kier molecular flexibility index (Phi) is 3.90. The van der Waals surface area contributed by atoms with Crippen LogP contribution in [0.2, 0.25) is 0 Å². The molecule has 0 bridgehead atoms. The maximum Gasteiger partial charge on any atom is 0.349 e. The highest BCUT2D eigenvalue weighted by Crippen LogP contribution is 2.32. The molecule has 3 rings (SSSR count). The number of hydrogen-bond donors (Lipinski definition) is 1. The van der Waals surface area contributed by atoms with Crippen molar-refractivity contribution in [2.45, 2.75) is 18.9 Å². The van der Waals surface area contributed by atoms with Crippen molar-refractivity contribution in [3.8, 4) is 0 Å². The molecule has 1 aromatic rings. The van der Waals surface area contributed by atoms with E-state index in [0.717, 1.165) is 18.5 Å². The third-order valence-corrected chi connectivity index (χ3v) is 3.93. The van der Waals surface area contributed by atoms with Gasteiger partial charge in [-0.1, -0.05) is 6.07 Å². The van der Waals surface area contributed by atoms with E-state index in [0.29, 0.717) is 37.4 Å². The lowest BCUT2D eigenvalue weighted by atomic mass is 10.0. The van der Waals surface area contributed by atoms with Gasteiger partial charge >= 0.3 is 11.9 Å². The molecule has 112 valence electrons. The summed E-state index contributed by atoms with van der Waals surface area (Å²) in [6.07, 6.45) is 1.78. The minimum atomic E-state index is -0.566. The second kappa shape index (κ2) is 5.83. The second-order valence-corrected chi connectivity index (χ2v) is 5.23. The Morgan fingerprint density at radius 3 is 2.95 bits per heavy atom. The maximum atomic E-state index is 11.9. The molecule has 2 N–H and O–H groups in total. The SMILES string of the molecule is NCCCC1COCCN1c1cccc2c1C(=O)OC2=O. The van der Waals surface area contributed by atoms with Gasteiger partial charge in [0, 0.05) is 6.54 Å². The number of cyclic esters (lactones) is 2. The number of hydrogen-bond acceptors (Lipinski definition) is 6. The Labute approximate surface area is 122 Å². The highest BCUT2D eigenvalue weighted by atomic mass is 16.6. The molecule has 0 aliphatic carbocycles. The van der Waals surface area contributed by atoms with E-state index >= 15 is 0 Å². The molecule has 0 saturated carbocycles. The van der Waals surface area contributed by atoms with Gasteiger partial charge in [-0.15, -0.1) is 0 Å². The van der Waals surface area contributed by atoms with Crippen LogP contribution < -0.4 is 10.6 Å². The number of anilines is 1. The van der Waals surface area contributed by atoms with Crippen molar-refractivity contribution < 1.29 is 19.1 Å². The Bertz CT molecular complexity index is 573. The second-order valence-electron chi connectivity index (χ2n) is 5.23. The summed E-state index contributed by atoms with van der Waals surface area (Å²) in [5.74, 6) is -1.13. The van der Waals surface area contributed by atoms with Gasteiger partial charge in [-0.25, -0.2) is 9.59 Å². The molecule has 1 fully saturated rings. The summed E-state index contributed by atoms with van der Waals surface area (Å²) >= 11 is 0. The Balaban J connectivity index is 1.95. The Morgan fingerprint density at radius 2 is 2.14 bits per heavy atom. The van der Waals surface area contributed by atoms with Crippen LogP contribution in [0.15, 0.2) is 18.2 Å². The highest BCUT2D eigenvalue weighted by Gasteiger charge is 2.35. The molecule has 0 aromatic heterocycles. The smallest absolute Gasteiger partial charge is 0.349 e. The van der Waals surface area contributed by atoms with Gasteiger partial charge in [0.25, 0.3) is 0 Å². The van der Waals surface area contributed by atoms with E-state index in [4.69, 9.17) is 15.2 Å². The first-order valence-electron chi connectivity index (χ1n) is 7.16. The summed E-state index contributed by atoms with van der Waals surface area (Å²) in [5.41, 5.74) is 7.07. The number of fused-ring (bicyclic) bond motifs is 1. The van der Waals surface area contributed by atoms with Gasteiger partial charge in [0.05, 0.1) is 36.1 Å². The van der Waals surface area contributed by atoms with E-state index in [2.05, 4.69) is 4.90 Å². The molecule has 2 aliphatic heterocycles. The summed E-state index contributed by atoms with van der Waals surface area (Å²) in [5, 5.41) is 0. The van der Waals surface area contributed by atoms with E-state index in [1.165, 1.54) is 0 Å². The molecule has 6 nitrogen and oxygen atoms in total. The molecule has 0 amide bonds. The molecule has 0 spiro atoms. The van der Waals surface area contributed by atoms with E-state index < -0.39 is 11.9 Å². The molecular weight excluding hydrogens is 272 g/mol. The third kappa shape index (κ3) is 2.52. The number of esters is 2. The molecule has 21 heavy (non-hydrogen) atoms. The van der Waals surface area contributed by atoms with Crippen LogP contribution in [0.25, 0.3) is 0 Å². The van der Waals surface area contributed by atoms with Crippen LogP contribution in [0.5, 0.6) is 0 Å². The van der Waals surface area contributed by atoms with Crippen molar-refractivity contribution in [1.29, 1.82) is 0 Å². The van der Waals surface area contributed by atoms with Gasteiger partial charge < -0.3 is 20.1 Å². The number of carbonyl (C=O) groups is 2. The van der Waals surface area contributed by atoms with Crippen molar-refractivity contribution in [3.63, 3.8) is 0 Å². The molecule has 2 aliphatic rings. The Morgan fingerprint density at radius 1 is 1.29 bits per heavy atom. The number of nitrogens with two attached hydrogens (primary N) is 1. The van der Waals surface area contributed by atoms with Crippen LogP contribution in [0.4, 0.5) is 5.69 Å². The lowest BCUT2D eigenvalue weighted by Crippen LogP contribution is -2.46. The summed E-state index contributed by atoms with van der Waals surface area (Å²) in [7, 11) is 0. The van der Waals surface area contributed by atoms with Gasteiger partial charge in [-0.2, -0.15) is 0 Å². The average molecular weight is 290 g/mol. The summed E-state index contributed by atoms with van der Waals surface area (Å²) in [6, 6.07) is 5.43. The van der Waals surface area contributed by atoms with Crippen molar-refractivity contribution in [3.05, 3.63) is 29.3 Å².